The average molecular weight is 224 g/mol. The number of hydrogen-bond donors (Lipinski definition) is 1. The Morgan fingerprint density at radius 1 is 1.73 bits per heavy atom. The summed E-state index contributed by atoms with van der Waals surface area (Å²) in [6, 6.07) is 4.18. The van der Waals surface area contributed by atoms with Crippen molar-refractivity contribution >= 4 is 17.2 Å². The maximum absolute atomic E-state index is 11.9. The zero-order valence-electron chi connectivity index (χ0n) is 8.85. The van der Waals surface area contributed by atoms with Crippen molar-refractivity contribution in [2.75, 3.05) is 6.54 Å². The number of nitrogens with two attached hydrogens (primary N) is 1. The molecule has 0 bridgehead atoms. The van der Waals surface area contributed by atoms with Gasteiger partial charge in [-0.25, -0.2) is 0 Å². The third kappa shape index (κ3) is 2.38. The lowest BCUT2D eigenvalue weighted by molar-refractivity contribution is -0.133. The molecule has 1 aromatic heterocycles. The first-order valence-electron chi connectivity index (χ1n) is 5.29. The number of amides is 1. The molecule has 82 valence electrons. The SMILES string of the molecule is CCN(Cc1cccs1)C(=O)C1CC1N. The third-order valence-electron chi connectivity index (χ3n) is 2.78. The normalized spacial score (nSPS) is 23.9. The third-order valence-corrected chi connectivity index (χ3v) is 3.64. The Kier molecular flexibility index (Phi) is 3.07. The van der Waals surface area contributed by atoms with E-state index in [9.17, 15) is 4.79 Å². The Morgan fingerprint density at radius 3 is 2.93 bits per heavy atom. The van der Waals surface area contributed by atoms with Gasteiger partial charge in [-0.2, -0.15) is 0 Å². The molecule has 0 saturated heterocycles. The van der Waals surface area contributed by atoms with Crippen molar-refractivity contribution in [1.82, 2.24) is 4.90 Å². The van der Waals surface area contributed by atoms with Crippen LogP contribution in [0.1, 0.15) is 18.2 Å². The summed E-state index contributed by atoms with van der Waals surface area (Å²) in [4.78, 5) is 15.1. The summed E-state index contributed by atoms with van der Waals surface area (Å²) in [6.45, 7) is 3.51. The predicted octanol–water partition coefficient (Wildman–Crippen LogP) is 1.44. The highest BCUT2D eigenvalue weighted by Gasteiger charge is 2.41. The molecule has 3 nitrogen and oxygen atoms in total. The minimum absolute atomic E-state index is 0.0879. The minimum Gasteiger partial charge on any atom is -0.338 e. The first kappa shape index (κ1) is 10.6. The molecule has 4 heteroatoms. The van der Waals surface area contributed by atoms with Crippen LogP contribution in [0.3, 0.4) is 0 Å². The first-order chi connectivity index (χ1) is 7.22. The Morgan fingerprint density at radius 2 is 2.47 bits per heavy atom. The fourth-order valence-electron chi connectivity index (χ4n) is 1.67. The van der Waals surface area contributed by atoms with Crippen molar-refractivity contribution in [1.29, 1.82) is 0 Å². The monoisotopic (exact) mass is 224 g/mol. The van der Waals surface area contributed by atoms with Gasteiger partial charge < -0.3 is 10.6 Å². The van der Waals surface area contributed by atoms with Gasteiger partial charge in [0, 0.05) is 17.5 Å². The summed E-state index contributed by atoms with van der Waals surface area (Å²) >= 11 is 1.69. The molecule has 0 aliphatic heterocycles. The highest BCUT2D eigenvalue weighted by molar-refractivity contribution is 7.09. The molecule has 15 heavy (non-hydrogen) atoms. The molecule has 0 aromatic carbocycles. The van der Waals surface area contributed by atoms with E-state index in [1.54, 1.807) is 11.3 Å². The molecule has 0 spiro atoms. The fourth-order valence-corrected chi connectivity index (χ4v) is 2.39. The molecule has 1 fully saturated rings. The minimum atomic E-state index is 0.0879. The van der Waals surface area contributed by atoms with Gasteiger partial charge in [0.2, 0.25) is 5.91 Å². The van der Waals surface area contributed by atoms with E-state index in [1.165, 1.54) is 4.88 Å². The van der Waals surface area contributed by atoms with Crippen molar-refractivity contribution in [3.8, 4) is 0 Å². The van der Waals surface area contributed by atoms with Gasteiger partial charge in [-0.3, -0.25) is 4.79 Å². The van der Waals surface area contributed by atoms with E-state index in [0.29, 0.717) is 0 Å². The summed E-state index contributed by atoms with van der Waals surface area (Å²) in [5, 5.41) is 2.04. The summed E-state index contributed by atoms with van der Waals surface area (Å²) in [5.41, 5.74) is 5.69. The van der Waals surface area contributed by atoms with Crippen LogP contribution in [-0.4, -0.2) is 23.4 Å². The Hall–Kier alpha value is -0.870. The molecule has 2 N–H and O–H groups in total. The number of hydrogen-bond acceptors (Lipinski definition) is 3. The lowest BCUT2D eigenvalue weighted by Crippen LogP contribution is -2.32. The second-order valence-corrected chi connectivity index (χ2v) is 4.97. The van der Waals surface area contributed by atoms with Crippen LogP contribution in [0.4, 0.5) is 0 Å². The Balaban J connectivity index is 1.95. The van der Waals surface area contributed by atoms with E-state index in [1.807, 2.05) is 23.3 Å². The molecule has 1 amide bonds. The zero-order chi connectivity index (χ0) is 10.8. The van der Waals surface area contributed by atoms with Crippen LogP contribution in [0.2, 0.25) is 0 Å². The number of thiophene rings is 1. The van der Waals surface area contributed by atoms with Gasteiger partial charge in [-0.1, -0.05) is 6.07 Å². The molecule has 2 rings (SSSR count). The molecule has 1 saturated carbocycles. The Bertz CT molecular complexity index is 336. The van der Waals surface area contributed by atoms with Gasteiger partial charge in [0.25, 0.3) is 0 Å². The summed E-state index contributed by atoms with van der Waals surface area (Å²) in [5.74, 6) is 0.309. The van der Waals surface area contributed by atoms with Crippen LogP contribution in [0.15, 0.2) is 17.5 Å². The molecule has 1 aliphatic rings. The van der Waals surface area contributed by atoms with Crippen LogP contribution >= 0.6 is 11.3 Å². The van der Waals surface area contributed by atoms with Crippen LogP contribution in [0, 0.1) is 5.92 Å². The van der Waals surface area contributed by atoms with Gasteiger partial charge in [0.15, 0.2) is 0 Å². The average Bonchev–Trinajstić information content (AvgIpc) is 2.77. The Labute approximate surface area is 93.9 Å². The van der Waals surface area contributed by atoms with E-state index >= 15 is 0 Å². The quantitative estimate of drug-likeness (QED) is 0.841. The maximum Gasteiger partial charge on any atom is 0.227 e. The van der Waals surface area contributed by atoms with E-state index < -0.39 is 0 Å². The molecule has 2 atom stereocenters. The van der Waals surface area contributed by atoms with Crippen LogP contribution in [0.25, 0.3) is 0 Å². The molecule has 0 radical (unpaired) electrons. The number of rotatable bonds is 4. The molecule has 2 unspecified atom stereocenters. The summed E-state index contributed by atoms with van der Waals surface area (Å²) < 4.78 is 0. The largest absolute Gasteiger partial charge is 0.338 e. The second kappa shape index (κ2) is 4.33. The standard InChI is InChI=1S/C11H16N2OS/c1-2-13(7-8-4-3-5-15-8)11(14)9-6-10(9)12/h3-5,9-10H,2,6-7,12H2,1H3. The van der Waals surface area contributed by atoms with E-state index in [0.717, 1.165) is 19.5 Å². The van der Waals surface area contributed by atoms with Crippen molar-refractivity contribution in [2.24, 2.45) is 11.7 Å². The maximum atomic E-state index is 11.9. The van der Waals surface area contributed by atoms with Gasteiger partial charge in [-0.05, 0) is 24.8 Å². The van der Waals surface area contributed by atoms with Gasteiger partial charge >= 0.3 is 0 Å². The van der Waals surface area contributed by atoms with Crippen LogP contribution in [-0.2, 0) is 11.3 Å². The lowest BCUT2D eigenvalue weighted by Gasteiger charge is -2.20. The fraction of sp³-hybridized carbons (Fsp3) is 0.545. The molecule has 1 heterocycles. The topological polar surface area (TPSA) is 46.3 Å². The highest BCUT2D eigenvalue weighted by atomic mass is 32.1. The first-order valence-corrected chi connectivity index (χ1v) is 6.17. The molecule has 1 aliphatic carbocycles. The molecular weight excluding hydrogens is 208 g/mol. The summed E-state index contributed by atoms with van der Waals surface area (Å²) in [6.07, 6.45) is 0.861. The van der Waals surface area contributed by atoms with Crippen LogP contribution < -0.4 is 5.73 Å². The van der Waals surface area contributed by atoms with Crippen molar-refractivity contribution < 1.29 is 4.79 Å². The van der Waals surface area contributed by atoms with Gasteiger partial charge in [0.05, 0.1) is 12.5 Å². The van der Waals surface area contributed by atoms with E-state index in [4.69, 9.17) is 5.73 Å². The molecule has 1 aromatic rings. The second-order valence-electron chi connectivity index (χ2n) is 3.94. The lowest BCUT2D eigenvalue weighted by atomic mass is 10.3. The van der Waals surface area contributed by atoms with Crippen molar-refractivity contribution in [3.05, 3.63) is 22.4 Å². The predicted molar refractivity (Wildman–Crippen MR) is 61.5 cm³/mol. The van der Waals surface area contributed by atoms with Gasteiger partial charge in [0.1, 0.15) is 0 Å². The van der Waals surface area contributed by atoms with Crippen molar-refractivity contribution in [2.45, 2.75) is 25.9 Å². The smallest absolute Gasteiger partial charge is 0.227 e. The number of carbonyl (C=O) groups is 1. The number of nitrogens with zero attached hydrogens (tertiary/aromatic N) is 1. The molecular formula is C11H16N2OS. The van der Waals surface area contributed by atoms with E-state index in [2.05, 4.69) is 6.07 Å². The van der Waals surface area contributed by atoms with Crippen LogP contribution in [0.5, 0.6) is 0 Å². The summed E-state index contributed by atoms with van der Waals surface area (Å²) in [7, 11) is 0. The van der Waals surface area contributed by atoms with Gasteiger partial charge in [-0.15, -0.1) is 11.3 Å². The zero-order valence-corrected chi connectivity index (χ0v) is 9.67. The van der Waals surface area contributed by atoms with Crippen molar-refractivity contribution in [3.63, 3.8) is 0 Å². The highest BCUT2D eigenvalue weighted by Crippen LogP contribution is 2.30. The number of carbonyl (C=O) groups excluding carboxylic acids is 1. The van der Waals surface area contributed by atoms with E-state index in [-0.39, 0.29) is 17.9 Å².